The lowest BCUT2D eigenvalue weighted by atomic mass is 10.0. The molecule has 0 radical (unpaired) electrons. The van der Waals surface area contributed by atoms with E-state index >= 15 is 0 Å². The normalized spacial score (nSPS) is 20.5. The summed E-state index contributed by atoms with van der Waals surface area (Å²) in [5.41, 5.74) is 9.80. The molecule has 2 rings (SSSR count). The van der Waals surface area contributed by atoms with E-state index < -0.39 is 0 Å². The highest BCUT2D eigenvalue weighted by Crippen LogP contribution is 2.35. The molecular formula is C11H19N3. The first-order valence-corrected chi connectivity index (χ1v) is 5.43. The van der Waals surface area contributed by atoms with Gasteiger partial charge in [-0.2, -0.15) is 5.10 Å². The summed E-state index contributed by atoms with van der Waals surface area (Å²) < 4.78 is 2.17. The van der Waals surface area contributed by atoms with Crippen LogP contribution >= 0.6 is 0 Å². The summed E-state index contributed by atoms with van der Waals surface area (Å²) in [4.78, 5) is 0. The first-order valence-electron chi connectivity index (χ1n) is 5.43. The number of rotatable bonds is 2. The molecule has 1 aliphatic carbocycles. The van der Waals surface area contributed by atoms with E-state index in [-0.39, 0.29) is 0 Å². The molecule has 78 valence electrons. The molecule has 0 amide bonds. The van der Waals surface area contributed by atoms with Gasteiger partial charge in [0.15, 0.2) is 0 Å². The predicted octanol–water partition coefficient (Wildman–Crippen LogP) is 1.76. The van der Waals surface area contributed by atoms with E-state index in [4.69, 9.17) is 5.73 Å². The molecule has 1 aromatic rings. The number of fused-ring (bicyclic) bond motifs is 1. The summed E-state index contributed by atoms with van der Waals surface area (Å²) in [6.07, 6.45) is 2.35. The van der Waals surface area contributed by atoms with Crippen LogP contribution in [0.4, 0.5) is 0 Å². The van der Waals surface area contributed by atoms with E-state index in [1.54, 1.807) is 0 Å². The van der Waals surface area contributed by atoms with Crippen molar-refractivity contribution in [1.82, 2.24) is 9.78 Å². The second-order valence-corrected chi connectivity index (χ2v) is 4.46. The van der Waals surface area contributed by atoms with Crippen LogP contribution in [0.25, 0.3) is 0 Å². The Labute approximate surface area is 85.3 Å². The molecule has 0 aliphatic heterocycles. The van der Waals surface area contributed by atoms with Gasteiger partial charge in [0.2, 0.25) is 0 Å². The van der Waals surface area contributed by atoms with Gasteiger partial charge in [-0.1, -0.05) is 0 Å². The van der Waals surface area contributed by atoms with E-state index in [9.17, 15) is 0 Å². The van der Waals surface area contributed by atoms with Crippen molar-refractivity contribution < 1.29 is 0 Å². The predicted molar refractivity (Wildman–Crippen MR) is 57.5 cm³/mol. The standard InChI is InChI=1S/C11H19N3/c1-7(2)14-10-5-4-9(6-12)11(10)8(3)13-14/h7,9H,4-6,12H2,1-3H3. The molecule has 14 heavy (non-hydrogen) atoms. The van der Waals surface area contributed by atoms with Gasteiger partial charge in [-0.05, 0) is 40.2 Å². The van der Waals surface area contributed by atoms with Gasteiger partial charge in [-0.15, -0.1) is 0 Å². The number of nitrogens with two attached hydrogens (primary N) is 1. The molecule has 3 heteroatoms. The van der Waals surface area contributed by atoms with Crippen molar-refractivity contribution in [2.75, 3.05) is 6.54 Å². The van der Waals surface area contributed by atoms with Crippen LogP contribution in [0.1, 0.15) is 49.2 Å². The highest BCUT2D eigenvalue weighted by Gasteiger charge is 2.28. The van der Waals surface area contributed by atoms with Crippen LogP contribution in [-0.4, -0.2) is 16.3 Å². The summed E-state index contributed by atoms with van der Waals surface area (Å²) in [6.45, 7) is 7.23. The average Bonchev–Trinajstić information content (AvgIpc) is 2.67. The lowest BCUT2D eigenvalue weighted by molar-refractivity contribution is 0.505. The molecule has 2 N–H and O–H groups in total. The minimum absolute atomic E-state index is 0.467. The number of nitrogens with zero attached hydrogens (tertiary/aromatic N) is 2. The second-order valence-electron chi connectivity index (χ2n) is 4.46. The van der Waals surface area contributed by atoms with E-state index in [1.807, 2.05) is 0 Å². The van der Waals surface area contributed by atoms with E-state index in [1.165, 1.54) is 23.4 Å². The largest absolute Gasteiger partial charge is 0.330 e. The third kappa shape index (κ3) is 1.27. The van der Waals surface area contributed by atoms with Gasteiger partial charge in [0.1, 0.15) is 0 Å². The molecule has 1 aromatic heterocycles. The topological polar surface area (TPSA) is 43.8 Å². The van der Waals surface area contributed by atoms with Crippen LogP contribution < -0.4 is 5.73 Å². The Bertz CT molecular complexity index is 339. The van der Waals surface area contributed by atoms with Crippen molar-refractivity contribution in [1.29, 1.82) is 0 Å². The van der Waals surface area contributed by atoms with Gasteiger partial charge in [0.05, 0.1) is 5.69 Å². The lowest BCUT2D eigenvalue weighted by Crippen LogP contribution is -2.09. The SMILES string of the molecule is Cc1nn(C(C)C)c2c1C(CN)CC2. The van der Waals surface area contributed by atoms with E-state index in [0.717, 1.165) is 13.0 Å². The summed E-state index contributed by atoms with van der Waals surface area (Å²) in [5.74, 6) is 0.553. The van der Waals surface area contributed by atoms with Gasteiger partial charge in [-0.3, -0.25) is 4.68 Å². The molecule has 0 fully saturated rings. The fourth-order valence-corrected chi connectivity index (χ4v) is 2.51. The van der Waals surface area contributed by atoms with Crippen LogP contribution in [0.3, 0.4) is 0 Å². The Hall–Kier alpha value is -0.830. The minimum Gasteiger partial charge on any atom is -0.330 e. The first-order chi connectivity index (χ1) is 6.65. The Morgan fingerprint density at radius 1 is 1.57 bits per heavy atom. The highest BCUT2D eigenvalue weighted by molar-refractivity contribution is 5.34. The maximum atomic E-state index is 5.77. The van der Waals surface area contributed by atoms with Gasteiger partial charge >= 0.3 is 0 Å². The number of aromatic nitrogens is 2. The van der Waals surface area contributed by atoms with Crippen LogP contribution in [-0.2, 0) is 6.42 Å². The quantitative estimate of drug-likeness (QED) is 0.777. The van der Waals surface area contributed by atoms with Crippen molar-refractivity contribution in [2.24, 2.45) is 5.73 Å². The molecule has 1 unspecified atom stereocenters. The number of hydrogen-bond acceptors (Lipinski definition) is 2. The molecule has 0 saturated carbocycles. The zero-order valence-electron chi connectivity index (χ0n) is 9.25. The fraction of sp³-hybridized carbons (Fsp3) is 0.727. The summed E-state index contributed by atoms with van der Waals surface area (Å²) >= 11 is 0. The highest BCUT2D eigenvalue weighted by atomic mass is 15.3. The average molecular weight is 193 g/mol. The van der Waals surface area contributed by atoms with Gasteiger partial charge in [-0.25, -0.2) is 0 Å². The van der Waals surface area contributed by atoms with Crippen molar-refractivity contribution in [2.45, 2.75) is 45.6 Å². The molecule has 0 saturated heterocycles. The van der Waals surface area contributed by atoms with Crippen LogP contribution in [0, 0.1) is 6.92 Å². The Morgan fingerprint density at radius 2 is 2.29 bits per heavy atom. The fourth-order valence-electron chi connectivity index (χ4n) is 2.51. The van der Waals surface area contributed by atoms with Crippen molar-refractivity contribution in [3.63, 3.8) is 0 Å². The van der Waals surface area contributed by atoms with E-state index in [0.29, 0.717) is 12.0 Å². The summed E-state index contributed by atoms with van der Waals surface area (Å²) in [6, 6.07) is 0.467. The molecule has 0 aromatic carbocycles. The van der Waals surface area contributed by atoms with Crippen LogP contribution in [0.15, 0.2) is 0 Å². The minimum atomic E-state index is 0.467. The zero-order chi connectivity index (χ0) is 10.3. The van der Waals surface area contributed by atoms with Gasteiger partial charge in [0.25, 0.3) is 0 Å². The third-order valence-electron chi connectivity index (χ3n) is 3.15. The molecule has 0 spiro atoms. The van der Waals surface area contributed by atoms with E-state index in [2.05, 4.69) is 30.6 Å². The smallest absolute Gasteiger partial charge is 0.0632 e. The molecule has 3 nitrogen and oxygen atoms in total. The maximum absolute atomic E-state index is 5.77. The third-order valence-corrected chi connectivity index (χ3v) is 3.15. The molecule has 0 bridgehead atoms. The molecule has 1 atom stereocenters. The van der Waals surface area contributed by atoms with Gasteiger partial charge in [0, 0.05) is 23.2 Å². The Balaban J connectivity index is 2.46. The lowest BCUT2D eigenvalue weighted by Gasteiger charge is -2.08. The Kier molecular flexibility index (Phi) is 2.35. The van der Waals surface area contributed by atoms with Crippen molar-refractivity contribution in [3.05, 3.63) is 17.0 Å². The number of hydrogen-bond donors (Lipinski definition) is 1. The van der Waals surface area contributed by atoms with Crippen molar-refractivity contribution >= 4 is 0 Å². The molecule has 1 heterocycles. The summed E-state index contributed by atoms with van der Waals surface area (Å²) in [7, 11) is 0. The summed E-state index contributed by atoms with van der Waals surface area (Å²) in [5, 5.41) is 4.59. The zero-order valence-corrected chi connectivity index (χ0v) is 9.25. The monoisotopic (exact) mass is 193 g/mol. The molecular weight excluding hydrogens is 174 g/mol. The maximum Gasteiger partial charge on any atom is 0.0632 e. The van der Waals surface area contributed by atoms with Gasteiger partial charge < -0.3 is 5.73 Å². The molecule has 1 aliphatic rings. The van der Waals surface area contributed by atoms with Crippen LogP contribution in [0.5, 0.6) is 0 Å². The second kappa shape index (κ2) is 3.39. The van der Waals surface area contributed by atoms with Crippen LogP contribution in [0.2, 0.25) is 0 Å². The van der Waals surface area contributed by atoms with Crippen molar-refractivity contribution in [3.8, 4) is 0 Å². The number of aryl methyl sites for hydroxylation is 1. The first kappa shape index (κ1) is 9.71. The Morgan fingerprint density at radius 3 is 2.86 bits per heavy atom.